The first-order valence-corrected chi connectivity index (χ1v) is 6.27. The van der Waals surface area contributed by atoms with Crippen LogP contribution in [-0.4, -0.2) is 54.3 Å². The molecule has 2 rings (SSSR count). The highest BCUT2D eigenvalue weighted by Gasteiger charge is 2.29. The van der Waals surface area contributed by atoms with Crippen molar-refractivity contribution in [2.75, 3.05) is 32.7 Å². The van der Waals surface area contributed by atoms with Gasteiger partial charge in [0.05, 0.1) is 6.54 Å². The molecule has 2 aliphatic heterocycles. The molecule has 2 aliphatic rings. The van der Waals surface area contributed by atoms with Crippen LogP contribution >= 0.6 is 0 Å². The zero-order valence-corrected chi connectivity index (χ0v) is 9.74. The number of Topliss-reactive ketones (excluding diaryl/α,β-unsaturated/α-hetero) is 1. The summed E-state index contributed by atoms with van der Waals surface area (Å²) in [6, 6.07) is 0.733. The lowest BCUT2D eigenvalue weighted by Crippen LogP contribution is -2.55. The summed E-state index contributed by atoms with van der Waals surface area (Å²) in [7, 11) is 0. The number of rotatable bonds is 3. The van der Waals surface area contributed by atoms with E-state index in [9.17, 15) is 4.79 Å². The van der Waals surface area contributed by atoms with Crippen LogP contribution in [0.15, 0.2) is 0 Å². The van der Waals surface area contributed by atoms with Gasteiger partial charge in [0.2, 0.25) is 0 Å². The average molecular weight is 210 g/mol. The molecular formula is C12H22N2O. The maximum absolute atomic E-state index is 11.4. The first kappa shape index (κ1) is 11.1. The summed E-state index contributed by atoms with van der Waals surface area (Å²) < 4.78 is 0. The molecule has 86 valence electrons. The number of nitrogens with zero attached hydrogens (tertiary/aromatic N) is 2. The number of hydrogen-bond acceptors (Lipinski definition) is 3. The van der Waals surface area contributed by atoms with E-state index in [0.29, 0.717) is 18.7 Å². The molecular weight excluding hydrogens is 188 g/mol. The van der Waals surface area contributed by atoms with Crippen molar-refractivity contribution in [3.8, 4) is 0 Å². The maximum atomic E-state index is 11.4. The lowest BCUT2D eigenvalue weighted by atomic mass is 9.99. The van der Waals surface area contributed by atoms with Crippen molar-refractivity contribution < 1.29 is 4.79 Å². The van der Waals surface area contributed by atoms with Gasteiger partial charge in [-0.1, -0.05) is 13.3 Å². The highest BCUT2D eigenvalue weighted by atomic mass is 16.1. The Morgan fingerprint density at radius 1 is 1.27 bits per heavy atom. The minimum absolute atomic E-state index is 0.388. The molecule has 0 aromatic heterocycles. The molecule has 1 atom stereocenters. The molecule has 2 fully saturated rings. The van der Waals surface area contributed by atoms with Crippen molar-refractivity contribution in [3.63, 3.8) is 0 Å². The van der Waals surface area contributed by atoms with Crippen molar-refractivity contribution in [3.05, 3.63) is 0 Å². The molecule has 0 spiro atoms. The van der Waals surface area contributed by atoms with E-state index in [2.05, 4.69) is 9.80 Å². The van der Waals surface area contributed by atoms with Crippen molar-refractivity contribution in [2.24, 2.45) is 0 Å². The Balaban J connectivity index is 1.83. The number of ketones is 1. The van der Waals surface area contributed by atoms with Gasteiger partial charge >= 0.3 is 0 Å². The number of carbonyl (C=O) groups is 1. The number of fused-ring (bicyclic) bond motifs is 1. The van der Waals surface area contributed by atoms with E-state index in [0.717, 1.165) is 19.1 Å². The molecule has 0 N–H and O–H groups in total. The van der Waals surface area contributed by atoms with Gasteiger partial charge in [-0.3, -0.25) is 14.6 Å². The zero-order chi connectivity index (χ0) is 10.7. The Labute approximate surface area is 92.4 Å². The van der Waals surface area contributed by atoms with Gasteiger partial charge in [-0.25, -0.2) is 0 Å². The van der Waals surface area contributed by atoms with Crippen LogP contribution in [0.5, 0.6) is 0 Å². The molecule has 0 radical (unpaired) electrons. The highest BCUT2D eigenvalue weighted by Crippen LogP contribution is 2.20. The summed E-state index contributed by atoms with van der Waals surface area (Å²) in [6.07, 6.45) is 4.75. The fraction of sp³-hybridized carbons (Fsp3) is 0.917. The molecule has 15 heavy (non-hydrogen) atoms. The summed E-state index contributed by atoms with van der Waals surface area (Å²) in [5.74, 6) is 0.388. The van der Waals surface area contributed by atoms with E-state index in [4.69, 9.17) is 0 Å². The predicted molar refractivity (Wildman–Crippen MR) is 61.0 cm³/mol. The SMILES string of the molecule is CCC(=O)CN1CCN2CCCCC2C1. The van der Waals surface area contributed by atoms with Gasteiger partial charge in [-0.2, -0.15) is 0 Å². The van der Waals surface area contributed by atoms with Gasteiger partial charge in [-0.15, -0.1) is 0 Å². The van der Waals surface area contributed by atoms with Crippen LogP contribution in [0.4, 0.5) is 0 Å². The molecule has 0 saturated carbocycles. The lowest BCUT2D eigenvalue weighted by Gasteiger charge is -2.43. The van der Waals surface area contributed by atoms with E-state index in [-0.39, 0.29) is 0 Å². The largest absolute Gasteiger partial charge is 0.298 e. The summed E-state index contributed by atoms with van der Waals surface area (Å²) in [5, 5.41) is 0. The fourth-order valence-electron chi connectivity index (χ4n) is 2.73. The lowest BCUT2D eigenvalue weighted by molar-refractivity contribution is -0.120. The monoisotopic (exact) mass is 210 g/mol. The first-order valence-electron chi connectivity index (χ1n) is 6.27. The normalized spacial score (nSPS) is 28.7. The van der Waals surface area contributed by atoms with Gasteiger partial charge in [0.25, 0.3) is 0 Å². The van der Waals surface area contributed by atoms with Gasteiger partial charge in [-0.05, 0) is 19.4 Å². The van der Waals surface area contributed by atoms with Crippen LogP contribution in [0.1, 0.15) is 32.6 Å². The summed E-state index contributed by atoms with van der Waals surface area (Å²) in [6.45, 7) is 7.29. The third-order valence-electron chi connectivity index (χ3n) is 3.72. The van der Waals surface area contributed by atoms with E-state index in [1.807, 2.05) is 6.92 Å². The Morgan fingerprint density at radius 3 is 2.93 bits per heavy atom. The second kappa shape index (κ2) is 5.08. The predicted octanol–water partition coefficient (Wildman–Crippen LogP) is 1.14. The molecule has 3 nitrogen and oxygen atoms in total. The Bertz CT molecular complexity index is 230. The van der Waals surface area contributed by atoms with E-state index < -0.39 is 0 Å². The molecule has 1 unspecified atom stereocenters. The standard InChI is InChI=1S/C12H22N2O/c1-2-12(15)10-13-7-8-14-6-4-3-5-11(14)9-13/h11H,2-10H2,1H3. The van der Waals surface area contributed by atoms with Crippen molar-refractivity contribution in [1.29, 1.82) is 0 Å². The van der Waals surface area contributed by atoms with Gasteiger partial charge in [0, 0.05) is 32.1 Å². The van der Waals surface area contributed by atoms with Crippen LogP contribution in [-0.2, 0) is 4.79 Å². The van der Waals surface area contributed by atoms with E-state index in [1.54, 1.807) is 0 Å². The number of piperidine rings is 1. The van der Waals surface area contributed by atoms with Gasteiger partial charge < -0.3 is 0 Å². The summed E-state index contributed by atoms with van der Waals surface area (Å²) in [4.78, 5) is 16.3. The van der Waals surface area contributed by atoms with Crippen LogP contribution in [0, 0.1) is 0 Å². The number of carbonyl (C=O) groups excluding carboxylic acids is 1. The number of piperazine rings is 1. The smallest absolute Gasteiger partial charge is 0.146 e. The summed E-state index contributed by atoms with van der Waals surface area (Å²) in [5.41, 5.74) is 0. The first-order chi connectivity index (χ1) is 7.29. The van der Waals surface area contributed by atoms with Crippen LogP contribution < -0.4 is 0 Å². The van der Waals surface area contributed by atoms with Crippen LogP contribution in [0.25, 0.3) is 0 Å². The van der Waals surface area contributed by atoms with E-state index >= 15 is 0 Å². The topological polar surface area (TPSA) is 23.6 Å². The third kappa shape index (κ3) is 2.79. The second-order valence-corrected chi connectivity index (χ2v) is 4.81. The molecule has 3 heteroatoms. The van der Waals surface area contributed by atoms with Crippen molar-refractivity contribution in [2.45, 2.75) is 38.6 Å². The zero-order valence-electron chi connectivity index (χ0n) is 9.74. The molecule has 2 saturated heterocycles. The van der Waals surface area contributed by atoms with Crippen LogP contribution in [0.2, 0.25) is 0 Å². The van der Waals surface area contributed by atoms with Gasteiger partial charge in [0.15, 0.2) is 0 Å². The highest BCUT2D eigenvalue weighted by molar-refractivity contribution is 5.80. The minimum Gasteiger partial charge on any atom is -0.298 e. The molecule has 0 aromatic carbocycles. The molecule has 0 bridgehead atoms. The maximum Gasteiger partial charge on any atom is 0.146 e. The quantitative estimate of drug-likeness (QED) is 0.698. The third-order valence-corrected chi connectivity index (χ3v) is 3.72. The van der Waals surface area contributed by atoms with E-state index in [1.165, 1.54) is 32.4 Å². The number of hydrogen-bond donors (Lipinski definition) is 0. The Kier molecular flexibility index (Phi) is 3.76. The second-order valence-electron chi connectivity index (χ2n) is 4.81. The van der Waals surface area contributed by atoms with Gasteiger partial charge in [0.1, 0.15) is 5.78 Å². The average Bonchev–Trinajstić information content (AvgIpc) is 2.29. The molecule has 0 amide bonds. The fourth-order valence-corrected chi connectivity index (χ4v) is 2.73. The summed E-state index contributed by atoms with van der Waals surface area (Å²) >= 11 is 0. The molecule has 0 aliphatic carbocycles. The van der Waals surface area contributed by atoms with Crippen molar-refractivity contribution >= 4 is 5.78 Å². The minimum atomic E-state index is 0.388. The Morgan fingerprint density at radius 2 is 2.13 bits per heavy atom. The Hall–Kier alpha value is -0.410. The van der Waals surface area contributed by atoms with Crippen LogP contribution in [0.3, 0.4) is 0 Å². The van der Waals surface area contributed by atoms with Crippen molar-refractivity contribution in [1.82, 2.24) is 9.80 Å². The molecule has 0 aromatic rings. The molecule has 2 heterocycles.